The van der Waals surface area contributed by atoms with Crippen molar-refractivity contribution in [2.24, 2.45) is 5.11 Å². The minimum absolute atomic E-state index is 0.773. The number of nitrogens with zero attached hydrogens (tertiary/aromatic N) is 3. The molecule has 4 nitrogen and oxygen atoms in total. The summed E-state index contributed by atoms with van der Waals surface area (Å²) in [6.45, 7) is 0. The van der Waals surface area contributed by atoms with Crippen LogP contribution in [-0.2, 0) is 5.54 Å². The minimum Gasteiger partial charge on any atom is -0.497 e. The second-order valence-electron chi connectivity index (χ2n) is 5.72. The molecule has 0 aromatic heterocycles. The van der Waals surface area contributed by atoms with Crippen LogP contribution in [-0.4, -0.2) is 7.11 Å². The Labute approximate surface area is 140 Å². The summed E-state index contributed by atoms with van der Waals surface area (Å²) in [5.41, 5.74) is 13.6. The zero-order chi connectivity index (χ0) is 16.6. The molecule has 0 N–H and O–H groups in total. The Hall–Kier alpha value is -3.23. The zero-order valence-corrected chi connectivity index (χ0v) is 13.2. The van der Waals surface area contributed by atoms with Crippen molar-refractivity contribution < 1.29 is 4.74 Å². The number of ether oxygens (including phenoxy) is 1. The van der Waals surface area contributed by atoms with Crippen LogP contribution in [0, 0.1) is 0 Å². The van der Waals surface area contributed by atoms with Crippen molar-refractivity contribution >= 4 is 0 Å². The van der Waals surface area contributed by atoms with Crippen molar-refractivity contribution in [3.63, 3.8) is 0 Å². The van der Waals surface area contributed by atoms with Gasteiger partial charge in [-0.1, -0.05) is 65.8 Å². The Bertz CT molecular complexity index is 911. The van der Waals surface area contributed by atoms with Crippen LogP contribution in [0.15, 0.2) is 77.9 Å². The SMILES string of the molecule is COc1ccc(C2(N=[N+]=[N-])c3ccccc3-c3ccccc32)cc1. The molecular formula is C20H15N3O. The van der Waals surface area contributed by atoms with Gasteiger partial charge in [-0.3, -0.25) is 0 Å². The van der Waals surface area contributed by atoms with E-state index in [1.807, 2.05) is 60.7 Å². The van der Waals surface area contributed by atoms with Gasteiger partial charge in [-0.25, -0.2) is 0 Å². The summed E-state index contributed by atoms with van der Waals surface area (Å²) in [5, 5.41) is 4.30. The van der Waals surface area contributed by atoms with Gasteiger partial charge >= 0.3 is 0 Å². The Morgan fingerprint density at radius 3 is 1.88 bits per heavy atom. The maximum Gasteiger partial charge on any atom is 0.125 e. The van der Waals surface area contributed by atoms with E-state index in [1.165, 1.54) is 0 Å². The molecule has 0 saturated carbocycles. The maximum atomic E-state index is 9.34. The van der Waals surface area contributed by atoms with Crippen molar-refractivity contribution in [2.45, 2.75) is 5.54 Å². The highest BCUT2D eigenvalue weighted by atomic mass is 16.5. The Balaban J connectivity index is 2.09. The smallest absolute Gasteiger partial charge is 0.125 e. The maximum absolute atomic E-state index is 9.34. The highest BCUT2D eigenvalue weighted by Crippen LogP contribution is 2.53. The third kappa shape index (κ3) is 1.84. The molecule has 3 aromatic carbocycles. The van der Waals surface area contributed by atoms with Crippen LogP contribution in [0.5, 0.6) is 5.75 Å². The van der Waals surface area contributed by atoms with E-state index in [4.69, 9.17) is 4.74 Å². The molecule has 3 aromatic rings. The fourth-order valence-electron chi connectivity index (χ4n) is 3.59. The molecule has 0 bridgehead atoms. The van der Waals surface area contributed by atoms with E-state index in [2.05, 4.69) is 22.2 Å². The lowest BCUT2D eigenvalue weighted by molar-refractivity contribution is 0.414. The first-order valence-electron chi connectivity index (χ1n) is 7.71. The third-order valence-electron chi connectivity index (χ3n) is 4.63. The fraction of sp³-hybridized carbons (Fsp3) is 0.100. The van der Waals surface area contributed by atoms with Crippen LogP contribution in [0.3, 0.4) is 0 Å². The topological polar surface area (TPSA) is 58.0 Å². The lowest BCUT2D eigenvalue weighted by atomic mass is 9.81. The van der Waals surface area contributed by atoms with E-state index in [-0.39, 0.29) is 0 Å². The molecule has 0 radical (unpaired) electrons. The molecule has 0 spiro atoms. The molecule has 24 heavy (non-hydrogen) atoms. The molecule has 0 aliphatic heterocycles. The number of benzene rings is 3. The average Bonchev–Trinajstić information content (AvgIpc) is 2.94. The summed E-state index contributed by atoms with van der Waals surface area (Å²) in [5.74, 6) is 0.773. The number of azide groups is 1. The summed E-state index contributed by atoms with van der Waals surface area (Å²) in [4.78, 5) is 3.20. The molecular weight excluding hydrogens is 298 g/mol. The van der Waals surface area contributed by atoms with Crippen LogP contribution in [0.4, 0.5) is 0 Å². The fourth-order valence-corrected chi connectivity index (χ4v) is 3.59. The van der Waals surface area contributed by atoms with Gasteiger partial charge in [0.25, 0.3) is 0 Å². The van der Waals surface area contributed by atoms with Crippen molar-refractivity contribution in [3.8, 4) is 16.9 Å². The van der Waals surface area contributed by atoms with E-state index in [1.54, 1.807) is 7.11 Å². The number of rotatable bonds is 3. The van der Waals surface area contributed by atoms with Crippen LogP contribution in [0.1, 0.15) is 16.7 Å². The van der Waals surface area contributed by atoms with Gasteiger partial charge in [0.15, 0.2) is 0 Å². The summed E-state index contributed by atoms with van der Waals surface area (Å²) in [6, 6.07) is 23.9. The number of hydrogen-bond acceptors (Lipinski definition) is 2. The summed E-state index contributed by atoms with van der Waals surface area (Å²) in [6.07, 6.45) is 0. The number of hydrogen-bond donors (Lipinski definition) is 0. The van der Waals surface area contributed by atoms with E-state index >= 15 is 0 Å². The second kappa shape index (κ2) is 5.44. The summed E-state index contributed by atoms with van der Waals surface area (Å²) >= 11 is 0. The van der Waals surface area contributed by atoms with Crippen LogP contribution >= 0.6 is 0 Å². The van der Waals surface area contributed by atoms with Crippen LogP contribution in [0.25, 0.3) is 21.6 Å². The molecule has 1 aliphatic carbocycles. The van der Waals surface area contributed by atoms with E-state index in [9.17, 15) is 5.53 Å². The minimum atomic E-state index is -0.853. The molecule has 0 heterocycles. The molecule has 0 unspecified atom stereocenters. The normalized spacial score (nSPS) is 13.5. The van der Waals surface area contributed by atoms with E-state index in [0.717, 1.165) is 33.6 Å². The molecule has 0 amide bonds. The first kappa shape index (κ1) is 14.4. The molecule has 1 aliphatic rings. The molecule has 0 atom stereocenters. The average molecular weight is 313 g/mol. The van der Waals surface area contributed by atoms with Gasteiger partial charge < -0.3 is 4.74 Å². The molecule has 116 valence electrons. The standard InChI is InChI=1S/C20H15N3O/c1-24-15-12-10-14(11-13-15)20(22-23-21)18-8-4-2-6-16(18)17-7-3-5-9-19(17)20/h2-13H,1H3. The molecule has 0 saturated heterocycles. The van der Waals surface area contributed by atoms with Crippen molar-refractivity contribution in [1.82, 2.24) is 0 Å². The Morgan fingerprint density at radius 2 is 1.38 bits per heavy atom. The Morgan fingerprint density at radius 1 is 0.833 bits per heavy atom. The number of methoxy groups -OCH3 is 1. The first-order chi connectivity index (χ1) is 11.8. The van der Waals surface area contributed by atoms with Crippen LogP contribution in [0.2, 0.25) is 0 Å². The van der Waals surface area contributed by atoms with Gasteiger partial charge in [0.2, 0.25) is 0 Å². The van der Waals surface area contributed by atoms with E-state index in [0.29, 0.717) is 0 Å². The largest absolute Gasteiger partial charge is 0.497 e. The lowest BCUT2D eigenvalue weighted by Crippen LogP contribution is -2.23. The predicted molar refractivity (Wildman–Crippen MR) is 93.9 cm³/mol. The van der Waals surface area contributed by atoms with Gasteiger partial charge in [-0.2, -0.15) is 0 Å². The molecule has 4 heteroatoms. The summed E-state index contributed by atoms with van der Waals surface area (Å²) < 4.78 is 5.26. The predicted octanol–water partition coefficient (Wildman–Crippen LogP) is 5.28. The van der Waals surface area contributed by atoms with Gasteiger partial charge in [0, 0.05) is 4.91 Å². The second-order valence-corrected chi connectivity index (χ2v) is 5.72. The Kier molecular flexibility index (Phi) is 3.26. The molecule has 0 fully saturated rings. The zero-order valence-electron chi connectivity index (χ0n) is 13.2. The first-order valence-corrected chi connectivity index (χ1v) is 7.71. The van der Waals surface area contributed by atoms with E-state index < -0.39 is 5.54 Å². The van der Waals surface area contributed by atoms with Crippen molar-refractivity contribution in [2.75, 3.05) is 7.11 Å². The summed E-state index contributed by atoms with van der Waals surface area (Å²) in [7, 11) is 1.64. The third-order valence-corrected chi connectivity index (χ3v) is 4.63. The number of fused-ring (bicyclic) bond motifs is 3. The van der Waals surface area contributed by atoms with Crippen molar-refractivity contribution in [1.29, 1.82) is 0 Å². The van der Waals surface area contributed by atoms with Gasteiger partial charge in [0.05, 0.1) is 7.11 Å². The highest BCUT2D eigenvalue weighted by Gasteiger charge is 2.43. The van der Waals surface area contributed by atoms with Gasteiger partial charge in [-0.15, -0.1) is 0 Å². The monoisotopic (exact) mass is 313 g/mol. The van der Waals surface area contributed by atoms with Gasteiger partial charge in [-0.05, 0) is 45.5 Å². The molecule has 4 rings (SSSR count). The van der Waals surface area contributed by atoms with Gasteiger partial charge in [0.1, 0.15) is 11.3 Å². The van der Waals surface area contributed by atoms with Crippen LogP contribution < -0.4 is 4.74 Å². The quantitative estimate of drug-likeness (QED) is 0.369. The highest BCUT2D eigenvalue weighted by molar-refractivity contribution is 5.83. The van der Waals surface area contributed by atoms with Crippen molar-refractivity contribution in [3.05, 3.63) is 99.9 Å². The lowest BCUT2D eigenvalue weighted by Gasteiger charge is -2.27.